The molecule has 0 aromatic heterocycles. The SMILES string of the molecule is CN1c2ccccc2[C@@]2(C)[C@H](C#N)CC[C@H](Cl)[C@@H]12. The maximum absolute atomic E-state index is 9.49. The van der Waals surface area contributed by atoms with Crippen LogP contribution >= 0.6 is 11.6 Å². The van der Waals surface area contributed by atoms with Gasteiger partial charge >= 0.3 is 0 Å². The third kappa shape index (κ3) is 1.29. The highest BCUT2D eigenvalue weighted by atomic mass is 35.5. The fourth-order valence-electron chi connectivity index (χ4n) is 3.94. The molecule has 0 bridgehead atoms. The fourth-order valence-corrected chi connectivity index (χ4v) is 4.50. The molecule has 0 amide bonds. The highest BCUT2D eigenvalue weighted by Crippen LogP contribution is 2.54. The third-order valence-electron chi connectivity index (χ3n) is 4.85. The molecule has 0 spiro atoms. The van der Waals surface area contributed by atoms with Crippen LogP contribution in [0.25, 0.3) is 0 Å². The first-order valence-corrected chi connectivity index (χ1v) is 6.90. The van der Waals surface area contributed by atoms with Gasteiger partial charge in [0.2, 0.25) is 0 Å². The van der Waals surface area contributed by atoms with Crippen molar-refractivity contribution in [2.75, 3.05) is 11.9 Å². The average Bonchev–Trinajstić information content (AvgIpc) is 2.61. The van der Waals surface area contributed by atoms with Crippen LogP contribution in [0.1, 0.15) is 25.3 Å². The van der Waals surface area contributed by atoms with Gasteiger partial charge in [-0.3, -0.25) is 0 Å². The summed E-state index contributed by atoms with van der Waals surface area (Å²) in [5.41, 5.74) is 2.39. The molecule has 1 aliphatic heterocycles. The van der Waals surface area contributed by atoms with Gasteiger partial charge in [-0.05, 0) is 24.5 Å². The van der Waals surface area contributed by atoms with Crippen LogP contribution in [0.15, 0.2) is 24.3 Å². The Morgan fingerprint density at radius 3 is 2.83 bits per heavy atom. The number of para-hydroxylation sites is 1. The van der Waals surface area contributed by atoms with Gasteiger partial charge in [0.05, 0.1) is 23.4 Å². The molecule has 3 rings (SSSR count). The third-order valence-corrected chi connectivity index (χ3v) is 5.31. The maximum atomic E-state index is 9.49. The Bertz CT molecular complexity index is 521. The predicted octanol–water partition coefficient (Wildman–Crippen LogP) is 3.30. The fraction of sp³-hybridized carbons (Fsp3) is 0.533. The van der Waals surface area contributed by atoms with Crippen LogP contribution in [-0.2, 0) is 5.41 Å². The van der Waals surface area contributed by atoms with Crippen molar-refractivity contribution in [3.8, 4) is 6.07 Å². The van der Waals surface area contributed by atoms with Crippen molar-refractivity contribution in [3.05, 3.63) is 29.8 Å². The molecule has 1 fully saturated rings. The van der Waals surface area contributed by atoms with Gasteiger partial charge in [0.25, 0.3) is 0 Å². The molecule has 0 unspecified atom stereocenters. The number of hydrogen-bond donors (Lipinski definition) is 0. The number of hydrogen-bond acceptors (Lipinski definition) is 2. The molecule has 94 valence electrons. The Morgan fingerprint density at radius 2 is 2.11 bits per heavy atom. The van der Waals surface area contributed by atoms with E-state index in [1.165, 1.54) is 11.3 Å². The van der Waals surface area contributed by atoms with Gasteiger partial charge in [0.1, 0.15) is 0 Å². The van der Waals surface area contributed by atoms with Gasteiger partial charge in [0, 0.05) is 18.2 Å². The first kappa shape index (κ1) is 11.9. The number of alkyl halides is 1. The maximum Gasteiger partial charge on any atom is 0.0665 e. The number of halogens is 1. The molecule has 1 saturated carbocycles. The normalized spacial score (nSPS) is 37.9. The highest BCUT2D eigenvalue weighted by molar-refractivity contribution is 6.21. The molecule has 4 atom stereocenters. The molecule has 18 heavy (non-hydrogen) atoms. The van der Waals surface area contributed by atoms with E-state index in [2.05, 4.69) is 49.2 Å². The highest BCUT2D eigenvalue weighted by Gasteiger charge is 2.56. The minimum atomic E-state index is -0.134. The monoisotopic (exact) mass is 260 g/mol. The van der Waals surface area contributed by atoms with Crippen molar-refractivity contribution < 1.29 is 0 Å². The molecule has 0 radical (unpaired) electrons. The Labute approximate surface area is 113 Å². The van der Waals surface area contributed by atoms with Crippen molar-refractivity contribution in [1.29, 1.82) is 5.26 Å². The molecule has 0 N–H and O–H groups in total. The average molecular weight is 261 g/mol. The number of fused-ring (bicyclic) bond motifs is 3. The lowest BCUT2D eigenvalue weighted by Gasteiger charge is -2.45. The van der Waals surface area contributed by atoms with E-state index in [9.17, 15) is 5.26 Å². The van der Waals surface area contributed by atoms with E-state index in [4.69, 9.17) is 11.6 Å². The molecule has 1 aromatic rings. The predicted molar refractivity (Wildman–Crippen MR) is 74.0 cm³/mol. The van der Waals surface area contributed by atoms with Crippen LogP contribution < -0.4 is 4.90 Å². The van der Waals surface area contributed by atoms with E-state index in [0.29, 0.717) is 0 Å². The van der Waals surface area contributed by atoms with Gasteiger partial charge in [-0.2, -0.15) is 5.26 Å². The lowest BCUT2D eigenvalue weighted by atomic mass is 9.63. The second kappa shape index (κ2) is 3.90. The molecule has 1 heterocycles. The van der Waals surface area contributed by atoms with Crippen molar-refractivity contribution in [2.24, 2.45) is 5.92 Å². The number of anilines is 1. The molecule has 1 aromatic carbocycles. The standard InChI is InChI=1S/C15H17ClN2/c1-15-10(9-17)7-8-12(16)14(15)18(2)13-6-4-3-5-11(13)15/h3-6,10,12,14H,7-8H2,1-2H3/t10-,12-,14+,15+/m0/s1. The second-order valence-corrected chi connectivity index (χ2v) is 6.19. The number of rotatable bonds is 0. The zero-order valence-corrected chi connectivity index (χ0v) is 11.5. The summed E-state index contributed by atoms with van der Waals surface area (Å²) in [4.78, 5) is 2.27. The van der Waals surface area contributed by atoms with E-state index in [1.807, 2.05) is 0 Å². The minimum Gasteiger partial charge on any atom is -0.369 e. The lowest BCUT2D eigenvalue weighted by molar-refractivity contribution is 0.232. The summed E-state index contributed by atoms with van der Waals surface area (Å²) in [5.74, 6) is 0.0589. The number of likely N-dealkylation sites (N-methyl/N-ethyl adjacent to an activating group) is 1. The van der Waals surface area contributed by atoms with E-state index in [-0.39, 0.29) is 22.8 Å². The topological polar surface area (TPSA) is 27.0 Å². The Hall–Kier alpha value is -1.20. The molecular weight excluding hydrogens is 244 g/mol. The van der Waals surface area contributed by atoms with Crippen LogP contribution in [0.2, 0.25) is 0 Å². The van der Waals surface area contributed by atoms with E-state index in [0.717, 1.165) is 12.8 Å². The van der Waals surface area contributed by atoms with Crippen LogP contribution in [-0.4, -0.2) is 18.5 Å². The van der Waals surface area contributed by atoms with Crippen molar-refractivity contribution in [3.63, 3.8) is 0 Å². The Kier molecular flexibility index (Phi) is 2.57. The van der Waals surface area contributed by atoms with E-state index in [1.54, 1.807) is 0 Å². The van der Waals surface area contributed by atoms with Crippen molar-refractivity contribution >= 4 is 17.3 Å². The zero-order chi connectivity index (χ0) is 12.9. The van der Waals surface area contributed by atoms with Crippen LogP contribution in [0.3, 0.4) is 0 Å². The summed E-state index contributed by atoms with van der Waals surface area (Å²) >= 11 is 6.56. The summed E-state index contributed by atoms with van der Waals surface area (Å²) in [6.45, 7) is 2.21. The van der Waals surface area contributed by atoms with E-state index < -0.39 is 0 Å². The van der Waals surface area contributed by atoms with Crippen molar-refractivity contribution in [1.82, 2.24) is 0 Å². The van der Waals surface area contributed by atoms with E-state index >= 15 is 0 Å². The molecule has 2 aliphatic rings. The quantitative estimate of drug-likeness (QED) is 0.669. The summed E-state index contributed by atoms with van der Waals surface area (Å²) in [5, 5.41) is 9.61. The lowest BCUT2D eigenvalue weighted by Crippen LogP contribution is -2.54. The number of nitriles is 1. The zero-order valence-electron chi connectivity index (χ0n) is 10.7. The van der Waals surface area contributed by atoms with Gasteiger partial charge in [-0.1, -0.05) is 25.1 Å². The summed E-state index contributed by atoms with van der Waals surface area (Å²) < 4.78 is 0. The van der Waals surface area contributed by atoms with Crippen LogP contribution in [0.5, 0.6) is 0 Å². The van der Waals surface area contributed by atoms with Gasteiger partial charge in [-0.15, -0.1) is 11.6 Å². The van der Waals surface area contributed by atoms with Crippen molar-refractivity contribution in [2.45, 2.75) is 36.6 Å². The van der Waals surface area contributed by atoms with Crippen LogP contribution in [0, 0.1) is 17.2 Å². The number of benzene rings is 1. The largest absolute Gasteiger partial charge is 0.369 e. The smallest absolute Gasteiger partial charge is 0.0665 e. The molecule has 0 saturated heterocycles. The summed E-state index contributed by atoms with van der Waals surface area (Å²) in [7, 11) is 2.10. The molecule has 2 nitrogen and oxygen atoms in total. The number of nitrogens with zero attached hydrogens (tertiary/aromatic N) is 2. The van der Waals surface area contributed by atoms with Gasteiger partial charge in [-0.25, -0.2) is 0 Å². The van der Waals surface area contributed by atoms with Gasteiger partial charge in [0.15, 0.2) is 0 Å². The summed E-state index contributed by atoms with van der Waals surface area (Å²) in [6.07, 6.45) is 1.83. The minimum absolute atomic E-state index is 0.0589. The first-order valence-electron chi connectivity index (χ1n) is 6.46. The molecule has 1 aliphatic carbocycles. The second-order valence-electron chi connectivity index (χ2n) is 5.63. The summed E-state index contributed by atoms with van der Waals surface area (Å²) in [6, 6.07) is 11.2. The Morgan fingerprint density at radius 1 is 1.39 bits per heavy atom. The first-order chi connectivity index (χ1) is 8.60. The Balaban J connectivity index is 2.21. The van der Waals surface area contributed by atoms with Crippen LogP contribution in [0.4, 0.5) is 5.69 Å². The molecular formula is C15H17ClN2. The van der Waals surface area contributed by atoms with Gasteiger partial charge < -0.3 is 4.90 Å². The molecule has 3 heteroatoms.